The van der Waals surface area contributed by atoms with Gasteiger partial charge in [-0.1, -0.05) is 40.7 Å². The van der Waals surface area contributed by atoms with Crippen LogP contribution >= 0.6 is 0 Å². The maximum atomic E-state index is 13.9. The fourth-order valence-corrected chi connectivity index (χ4v) is 1.98. The van der Waals surface area contributed by atoms with E-state index >= 15 is 0 Å². The first kappa shape index (κ1) is 18.9. The summed E-state index contributed by atoms with van der Waals surface area (Å²) >= 11 is 0. The molecule has 126 valence electrons. The number of aliphatic imine (C=N–C) groups is 1. The molecule has 5 heteroatoms. The number of anilines is 1. The van der Waals surface area contributed by atoms with Crippen LogP contribution < -0.4 is 10.6 Å². The Kier molecular flexibility index (Phi) is 6.49. The number of allylic oxidation sites excluding steroid dienone is 1. The molecule has 0 amide bonds. The monoisotopic (exact) mass is 319 g/mol. The predicted octanol–water partition coefficient (Wildman–Crippen LogP) is 4.03. The van der Waals surface area contributed by atoms with Gasteiger partial charge in [-0.05, 0) is 24.6 Å². The SMILES string of the molecule is CC.Cc1ccc(NC2=C(C(=O)C(C)(C)C)NC=NC2)c(F)c1. The Morgan fingerprint density at radius 1 is 1.30 bits per heavy atom. The lowest BCUT2D eigenvalue weighted by atomic mass is 9.88. The van der Waals surface area contributed by atoms with Crippen LogP contribution in [0.3, 0.4) is 0 Å². The number of benzene rings is 1. The highest BCUT2D eigenvalue weighted by Crippen LogP contribution is 2.24. The first-order valence-corrected chi connectivity index (χ1v) is 7.85. The van der Waals surface area contributed by atoms with Gasteiger partial charge >= 0.3 is 0 Å². The number of halogens is 1. The molecule has 0 saturated carbocycles. The average Bonchev–Trinajstić information content (AvgIpc) is 2.51. The van der Waals surface area contributed by atoms with E-state index in [2.05, 4.69) is 15.6 Å². The van der Waals surface area contributed by atoms with Gasteiger partial charge in [-0.15, -0.1) is 0 Å². The van der Waals surface area contributed by atoms with Crippen molar-refractivity contribution in [1.29, 1.82) is 0 Å². The molecule has 1 aliphatic rings. The number of hydrogen-bond acceptors (Lipinski definition) is 4. The second-order valence-corrected chi connectivity index (χ2v) is 6.16. The molecule has 0 bridgehead atoms. The van der Waals surface area contributed by atoms with Crippen molar-refractivity contribution in [2.45, 2.75) is 41.5 Å². The van der Waals surface area contributed by atoms with Crippen LogP contribution in [-0.2, 0) is 4.79 Å². The van der Waals surface area contributed by atoms with Gasteiger partial charge in [0.05, 0.1) is 24.3 Å². The second kappa shape index (κ2) is 7.90. The Morgan fingerprint density at radius 3 is 2.52 bits per heavy atom. The van der Waals surface area contributed by atoms with Crippen molar-refractivity contribution < 1.29 is 9.18 Å². The molecule has 4 nitrogen and oxygen atoms in total. The molecule has 0 aromatic heterocycles. The predicted molar refractivity (Wildman–Crippen MR) is 94.1 cm³/mol. The zero-order valence-corrected chi connectivity index (χ0v) is 14.7. The van der Waals surface area contributed by atoms with Crippen LogP contribution in [0.5, 0.6) is 0 Å². The van der Waals surface area contributed by atoms with Crippen LogP contribution in [0.2, 0.25) is 0 Å². The molecule has 0 fully saturated rings. The molecule has 2 N–H and O–H groups in total. The fraction of sp³-hybridized carbons (Fsp3) is 0.444. The lowest BCUT2D eigenvalue weighted by Gasteiger charge is -2.24. The van der Waals surface area contributed by atoms with E-state index in [0.29, 0.717) is 23.6 Å². The molecule has 0 unspecified atom stereocenters. The number of carbonyl (C=O) groups is 1. The van der Waals surface area contributed by atoms with Gasteiger partial charge in [0.2, 0.25) is 0 Å². The van der Waals surface area contributed by atoms with Crippen LogP contribution in [0.1, 0.15) is 40.2 Å². The highest BCUT2D eigenvalue weighted by Gasteiger charge is 2.28. The lowest BCUT2D eigenvalue weighted by molar-refractivity contribution is -0.122. The van der Waals surface area contributed by atoms with Crippen LogP contribution in [-0.4, -0.2) is 18.7 Å². The fourth-order valence-electron chi connectivity index (χ4n) is 1.98. The number of carbonyl (C=O) groups excluding carboxylic acids is 1. The second-order valence-electron chi connectivity index (χ2n) is 6.16. The summed E-state index contributed by atoms with van der Waals surface area (Å²) in [5.41, 5.74) is 1.69. The molecule has 1 aliphatic heterocycles. The Labute approximate surface area is 137 Å². The maximum absolute atomic E-state index is 13.9. The number of aryl methyl sites for hydroxylation is 1. The van der Waals surface area contributed by atoms with Crippen LogP contribution in [0.25, 0.3) is 0 Å². The summed E-state index contributed by atoms with van der Waals surface area (Å²) in [7, 11) is 0. The summed E-state index contributed by atoms with van der Waals surface area (Å²) < 4.78 is 13.9. The minimum absolute atomic E-state index is 0.0383. The molecule has 0 saturated heterocycles. The molecule has 1 heterocycles. The van der Waals surface area contributed by atoms with Crippen molar-refractivity contribution in [1.82, 2.24) is 5.32 Å². The first-order chi connectivity index (χ1) is 10.8. The first-order valence-electron chi connectivity index (χ1n) is 7.85. The van der Waals surface area contributed by atoms with E-state index in [-0.39, 0.29) is 11.6 Å². The van der Waals surface area contributed by atoms with Gasteiger partial charge in [0.15, 0.2) is 5.78 Å². The van der Waals surface area contributed by atoms with E-state index in [4.69, 9.17) is 0 Å². The Morgan fingerprint density at radius 2 is 1.96 bits per heavy atom. The van der Waals surface area contributed by atoms with Gasteiger partial charge in [-0.25, -0.2) is 4.39 Å². The minimum atomic E-state index is -0.522. The van der Waals surface area contributed by atoms with E-state index in [1.807, 2.05) is 47.6 Å². The number of hydrogen-bond donors (Lipinski definition) is 2. The quantitative estimate of drug-likeness (QED) is 0.884. The summed E-state index contributed by atoms with van der Waals surface area (Å²) in [5.74, 6) is -0.386. The molecule has 23 heavy (non-hydrogen) atoms. The molecule has 1 aromatic rings. The van der Waals surface area contributed by atoms with Crippen molar-refractivity contribution in [2.75, 3.05) is 11.9 Å². The third kappa shape index (κ3) is 4.91. The largest absolute Gasteiger partial charge is 0.353 e. The highest BCUT2D eigenvalue weighted by atomic mass is 19.1. The van der Waals surface area contributed by atoms with E-state index in [1.54, 1.807) is 6.07 Å². The van der Waals surface area contributed by atoms with Gasteiger partial charge in [0, 0.05) is 5.41 Å². The smallest absolute Gasteiger partial charge is 0.186 e. The normalized spacial score (nSPS) is 13.9. The molecule has 0 aliphatic carbocycles. The Bertz CT molecular complexity index is 628. The third-order valence-electron chi connectivity index (χ3n) is 3.17. The van der Waals surface area contributed by atoms with Gasteiger partial charge in [0.1, 0.15) is 11.5 Å². The Balaban J connectivity index is 0.00000127. The number of rotatable bonds is 3. The molecule has 1 aromatic carbocycles. The molecule has 0 radical (unpaired) electrons. The minimum Gasteiger partial charge on any atom is -0.353 e. The number of Topliss-reactive ketones (excluding diaryl/α,β-unsaturated/α-hetero) is 1. The van der Waals surface area contributed by atoms with Crippen molar-refractivity contribution in [2.24, 2.45) is 10.4 Å². The van der Waals surface area contributed by atoms with Gasteiger partial charge in [-0.3, -0.25) is 9.79 Å². The van der Waals surface area contributed by atoms with Crippen LogP contribution in [0.4, 0.5) is 10.1 Å². The van der Waals surface area contributed by atoms with E-state index < -0.39 is 5.41 Å². The molecular formula is C18H26FN3O. The van der Waals surface area contributed by atoms with Crippen LogP contribution in [0.15, 0.2) is 34.6 Å². The van der Waals surface area contributed by atoms with Crippen molar-refractivity contribution in [3.63, 3.8) is 0 Å². The zero-order valence-electron chi connectivity index (χ0n) is 14.7. The summed E-state index contributed by atoms with van der Waals surface area (Å²) in [6.45, 7) is 11.7. The van der Waals surface area contributed by atoms with E-state index in [0.717, 1.165) is 5.56 Å². The average molecular weight is 319 g/mol. The molecule has 0 atom stereocenters. The molecule has 2 rings (SSSR count). The zero-order chi connectivity index (χ0) is 17.6. The number of nitrogens with one attached hydrogen (secondary N) is 2. The lowest BCUT2D eigenvalue weighted by Crippen LogP contribution is -2.34. The summed E-state index contributed by atoms with van der Waals surface area (Å²) in [4.78, 5) is 16.5. The van der Waals surface area contributed by atoms with Crippen molar-refractivity contribution in [3.05, 3.63) is 41.0 Å². The van der Waals surface area contributed by atoms with Gasteiger partial charge in [0.25, 0.3) is 0 Å². The third-order valence-corrected chi connectivity index (χ3v) is 3.17. The molecule has 0 spiro atoms. The number of nitrogens with zero attached hydrogens (tertiary/aromatic N) is 1. The summed E-state index contributed by atoms with van der Waals surface area (Å²) in [5, 5.41) is 5.87. The standard InChI is InChI=1S/C16H20FN3O.C2H6/c1-10-5-6-12(11(17)7-10)20-13-8-18-9-19-14(13)15(21)16(2,3)4;1-2/h5-7,9,20H,8H2,1-4H3,(H,18,19);1-2H3. The molecular weight excluding hydrogens is 293 g/mol. The topological polar surface area (TPSA) is 53.5 Å². The van der Waals surface area contributed by atoms with Gasteiger partial charge < -0.3 is 10.6 Å². The van der Waals surface area contributed by atoms with Gasteiger partial charge in [-0.2, -0.15) is 0 Å². The summed E-state index contributed by atoms with van der Waals surface area (Å²) in [6, 6.07) is 4.93. The number of ketones is 1. The maximum Gasteiger partial charge on any atom is 0.186 e. The highest BCUT2D eigenvalue weighted by molar-refractivity contribution is 6.02. The van der Waals surface area contributed by atoms with E-state index in [9.17, 15) is 9.18 Å². The summed E-state index contributed by atoms with van der Waals surface area (Å²) in [6.07, 6.45) is 1.50. The van der Waals surface area contributed by atoms with Crippen molar-refractivity contribution in [3.8, 4) is 0 Å². The Hall–Kier alpha value is -2.17. The van der Waals surface area contributed by atoms with E-state index in [1.165, 1.54) is 12.4 Å². The van der Waals surface area contributed by atoms with Crippen molar-refractivity contribution >= 4 is 17.8 Å². The van der Waals surface area contributed by atoms with Crippen LogP contribution in [0, 0.1) is 18.2 Å².